The van der Waals surface area contributed by atoms with E-state index in [0.29, 0.717) is 25.4 Å². The molecule has 2 rings (SSSR count). The van der Waals surface area contributed by atoms with Gasteiger partial charge in [0.05, 0.1) is 12.6 Å². The fourth-order valence-electron chi connectivity index (χ4n) is 1.96. The van der Waals surface area contributed by atoms with E-state index in [1.54, 1.807) is 7.11 Å². The average molecular weight is 303 g/mol. The lowest BCUT2D eigenvalue weighted by atomic mass is 10.2. The van der Waals surface area contributed by atoms with E-state index in [2.05, 4.69) is 15.4 Å². The molecule has 6 nitrogen and oxygen atoms in total. The first-order chi connectivity index (χ1) is 9.95. The van der Waals surface area contributed by atoms with Gasteiger partial charge in [-0.15, -0.1) is 0 Å². The Morgan fingerprint density at radius 1 is 1.48 bits per heavy atom. The number of hydrogen-bond acceptors (Lipinski definition) is 5. The second-order valence-corrected chi connectivity index (χ2v) is 4.51. The van der Waals surface area contributed by atoms with Crippen LogP contribution in [0, 0.1) is 0 Å². The van der Waals surface area contributed by atoms with Crippen LogP contribution < -0.4 is 11.1 Å². The van der Waals surface area contributed by atoms with Gasteiger partial charge in [-0.05, 0) is 13.0 Å². The summed E-state index contributed by atoms with van der Waals surface area (Å²) in [7, 11) is 1.54. The molecule has 0 aliphatic carbocycles. The van der Waals surface area contributed by atoms with Crippen LogP contribution in [0.1, 0.15) is 12.1 Å². The Bertz CT molecular complexity index is 592. The Morgan fingerprint density at radius 2 is 2.24 bits per heavy atom. The third kappa shape index (κ3) is 3.61. The maximum absolute atomic E-state index is 12.7. The monoisotopic (exact) mass is 303 g/mol. The molecule has 1 atom stereocenters. The molecule has 0 saturated carbocycles. The number of nitrogens with zero attached hydrogens (tertiary/aromatic N) is 3. The Morgan fingerprint density at radius 3 is 2.86 bits per heavy atom. The molecular weight excluding hydrogens is 287 g/mol. The summed E-state index contributed by atoms with van der Waals surface area (Å²) in [6.45, 7) is 0.803. The van der Waals surface area contributed by atoms with Crippen LogP contribution in [0.15, 0.2) is 18.5 Å². The Labute approximate surface area is 119 Å². The van der Waals surface area contributed by atoms with Crippen molar-refractivity contribution in [3.05, 3.63) is 24.2 Å². The number of halogens is 3. The lowest BCUT2D eigenvalue weighted by Crippen LogP contribution is -2.28. The molecule has 0 bridgehead atoms. The number of fused-ring (bicyclic) bond motifs is 1. The van der Waals surface area contributed by atoms with E-state index in [-0.39, 0.29) is 11.6 Å². The highest BCUT2D eigenvalue weighted by Crippen LogP contribution is 2.30. The van der Waals surface area contributed by atoms with Gasteiger partial charge in [0.25, 0.3) is 0 Å². The van der Waals surface area contributed by atoms with Crippen LogP contribution >= 0.6 is 0 Å². The summed E-state index contributed by atoms with van der Waals surface area (Å²) < 4.78 is 44.3. The van der Waals surface area contributed by atoms with E-state index >= 15 is 0 Å². The standard InChI is InChI=1S/C12H16F3N5O/c1-21-7-8(2-3-16)18-11-9-6-10(12(13,14)15)19-20(9)5-4-17-11/h4-6,8H,2-3,7,16H2,1H3,(H,17,18). The Kier molecular flexibility index (Phi) is 4.63. The minimum atomic E-state index is -4.49. The van der Waals surface area contributed by atoms with Crippen molar-refractivity contribution in [2.24, 2.45) is 5.73 Å². The van der Waals surface area contributed by atoms with Crippen LogP contribution in [0.4, 0.5) is 19.0 Å². The van der Waals surface area contributed by atoms with Crippen LogP contribution in [0.5, 0.6) is 0 Å². The SMILES string of the molecule is COCC(CCN)Nc1nccn2nc(C(F)(F)F)cc12. The van der Waals surface area contributed by atoms with Crippen LogP contribution in [-0.2, 0) is 10.9 Å². The molecule has 3 N–H and O–H groups in total. The van der Waals surface area contributed by atoms with E-state index in [1.165, 1.54) is 12.4 Å². The number of alkyl halides is 3. The lowest BCUT2D eigenvalue weighted by Gasteiger charge is -2.17. The molecule has 21 heavy (non-hydrogen) atoms. The predicted octanol–water partition coefficient (Wildman–Crippen LogP) is 1.52. The minimum Gasteiger partial charge on any atom is -0.383 e. The molecule has 0 amide bonds. The van der Waals surface area contributed by atoms with Gasteiger partial charge in [0.15, 0.2) is 11.5 Å². The fourth-order valence-corrected chi connectivity index (χ4v) is 1.96. The van der Waals surface area contributed by atoms with Gasteiger partial charge in [-0.25, -0.2) is 9.50 Å². The molecule has 9 heteroatoms. The van der Waals surface area contributed by atoms with Crippen molar-refractivity contribution in [3.8, 4) is 0 Å². The third-order valence-corrected chi connectivity index (χ3v) is 2.90. The molecule has 0 aliphatic rings. The van der Waals surface area contributed by atoms with Gasteiger partial charge in [0, 0.05) is 25.6 Å². The van der Waals surface area contributed by atoms with Crippen molar-refractivity contribution in [2.75, 3.05) is 25.6 Å². The zero-order valence-corrected chi connectivity index (χ0v) is 11.4. The van der Waals surface area contributed by atoms with Crippen molar-refractivity contribution < 1.29 is 17.9 Å². The molecule has 0 aromatic carbocycles. The zero-order chi connectivity index (χ0) is 15.5. The molecule has 0 saturated heterocycles. The summed E-state index contributed by atoms with van der Waals surface area (Å²) in [5.41, 5.74) is 4.80. The zero-order valence-electron chi connectivity index (χ0n) is 11.4. The summed E-state index contributed by atoms with van der Waals surface area (Å²) in [4.78, 5) is 4.07. The van der Waals surface area contributed by atoms with Gasteiger partial charge in [-0.3, -0.25) is 0 Å². The number of hydrogen-bond donors (Lipinski definition) is 2. The van der Waals surface area contributed by atoms with Gasteiger partial charge < -0.3 is 15.8 Å². The lowest BCUT2D eigenvalue weighted by molar-refractivity contribution is -0.141. The molecule has 2 heterocycles. The quantitative estimate of drug-likeness (QED) is 0.846. The Balaban J connectivity index is 2.33. The van der Waals surface area contributed by atoms with E-state index in [9.17, 15) is 13.2 Å². The van der Waals surface area contributed by atoms with Gasteiger partial charge in [0.1, 0.15) is 5.52 Å². The minimum absolute atomic E-state index is 0.136. The number of ether oxygens (including phenoxy) is 1. The highest BCUT2D eigenvalue weighted by atomic mass is 19.4. The van der Waals surface area contributed by atoms with Crippen LogP contribution in [0.3, 0.4) is 0 Å². The van der Waals surface area contributed by atoms with Gasteiger partial charge in [-0.2, -0.15) is 18.3 Å². The summed E-state index contributed by atoms with van der Waals surface area (Å²) in [6.07, 6.45) is -1.14. The summed E-state index contributed by atoms with van der Waals surface area (Å²) in [6, 6.07) is 0.824. The van der Waals surface area contributed by atoms with E-state index in [1.807, 2.05) is 0 Å². The molecule has 116 valence electrons. The number of methoxy groups -OCH3 is 1. The third-order valence-electron chi connectivity index (χ3n) is 2.90. The maximum Gasteiger partial charge on any atom is 0.435 e. The van der Waals surface area contributed by atoms with E-state index in [0.717, 1.165) is 10.6 Å². The van der Waals surface area contributed by atoms with Crippen molar-refractivity contribution >= 4 is 11.3 Å². The Hall–Kier alpha value is -1.87. The number of anilines is 1. The molecule has 1 unspecified atom stereocenters. The molecule has 2 aromatic rings. The van der Waals surface area contributed by atoms with Gasteiger partial charge in [-0.1, -0.05) is 0 Å². The maximum atomic E-state index is 12.7. The molecule has 0 radical (unpaired) electrons. The normalized spacial score (nSPS) is 13.6. The van der Waals surface area contributed by atoms with E-state index < -0.39 is 11.9 Å². The number of aromatic nitrogens is 3. The fraction of sp³-hybridized carbons (Fsp3) is 0.500. The molecule has 0 spiro atoms. The molecular formula is C12H16F3N5O. The highest BCUT2D eigenvalue weighted by Gasteiger charge is 2.34. The highest BCUT2D eigenvalue weighted by molar-refractivity contribution is 5.68. The van der Waals surface area contributed by atoms with Gasteiger partial charge >= 0.3 is 6.18 Å². The smallest absolute Gasteiger partial charge is 0.383 e. The predicted molar refractivity (Wildman–Crippen MR) is 70.9 cm³/mol. The summed E-state index contributed by atoms with van der Waals surface area (Å²) >= 11 is 0. The van der Waals surface area contributed by atoms with Crippen LogP contribution in [-0.4, -0.2) is 40.9 Å². The van der Waals surface area contributed by atoms with Crippen molar-refractivity contribution in [1.29, 1.82) is 0 Å². The molecule has 0 fully saturated rings. The number of nitrogens with one attached hydrogen (secondary N) is 1. The first-order valence-electron chi connectivity index (χ1n) is 6.33. The van der Waals surface area contributed by atoms with Crippen LogP contribution in [0.25, 0.3) is 5.52 Å². The van der Waals surface area contributed by atoms with Crippen LogP contribution in [0.2, 0.25) is 0 Å². The van der Waals surface area contributed by atoms with E-state index in [4.69, 9.17) is 10.5 Å². The summed E-state index contributed by atoms with van der Waals surface area (Å²) in [5.74, 6) is 0.316. The average Bonchev–Trinajstić information content (AvgIpc) is 2.84. The number of nitrogens with two attached hydrogens (primary N) is 1. The first-order valence-corrected chi connectivity index (χ1v) is 6.33. The number of rotatable bonds is 6. The van der Waals surface area contributed by atoms with Crippen molar-refractivity contribution in [3.63, 3.8) is 0 Å². The first kappa shape index (κ1) is 15.5. The molecule has 2 aromatic heterocycles. The van der Waals surface area contributed by atoms with Gasteiger partial charge in [0.2, 0.25) is 0 Å². The van der Waals surface area contributed by atoms with Crippen molar-refractivity contribution in [2.45, 2.75) is 18.6 Å². The van der Waals surface area contributed by atoms with Crippen molar-refractivity contribution in [1.82, 2.24) is 14.6 Å². The summed E-state index contributed by atoms with van der Waals surface area (Å²) in [5, 5.41) is 6.54. The second-order valence-electron chi connectivity index (χ2n) is 4.51. The second kappa shape index (κ2) is 6.27. The largest absolute Gasteiger partial charge is 0.435 e. The topological polar surface area (TPSA) is 77.5 Å². The molecule has 0 aliphatic heterocycles.